The smallest absolute Gasteiger partial charge is 0.296 e. The van der Waals surface area contributed by atoms with Crippen molar-refractivity contribution in [2.75, 3.05) is 6.61 Å². The highest BCUT2D eigenvalue weighted by molar-refractivity contribution is 6.34. The van der Waals surface area contributed by atoms with Gasteiger partial charge < -0.3 is 15.1 Å². The molecule has 126 valence electrons. The second-order valence-corrected chi connectivity index (χ2v) is 6.21. The number of ether oxygens (including phenoxy) is 1. The first-order valence-corrected chi connectivity index (χ1v) is 7.87. The van der Waals surface area contributed by atoms with Crippen LogP contribution in [0.1, 0.15) is 23.3 Å². The van der Waals surface area contributed by atoms with Crippen LogP contribution >= 0.6 is 23.2 Å². The molecular weight excluding hydrogens is 357 g/mol. The van der Waals surface area contributed by atoms with E-state index in [1.54, 1.807) is 0 Å². The van der Waals surface area contributed by atoms with Crippen molar-refractivity contribution < 1.29 is 19.8 Å². The molecule has 24 heavy (non-hydrogen) atoms. The molecule has 2 N–H and O–H groups in total. The number of hydrogen-bond donors (Lipinski definition) is 2. The van der Waals surface area contributed by atoms with E-state index in [9.17, 15) is 15.1 Å². The van der Waals surface area contributed by atoms with E-state index in [4.69, 9.17) is 27.9 Å². The molecule has 0 aliphatic heterocycles. The SMILES string of the molecule is O=C(N=c1c(Cl)cn(O)cc1Cl)c1cc(OCC2CC2)c(O)cn1. The van der Waals surface area contributed by atoms with E-state index in [0.717, 1.165) is 31.4 Å². The van der Waals surface area contributed by atoms with Crippen LogP contribution in [0, 0.1) is 5.92 Å². The molecule has 0 radical (unpaired) electrons. The fourth-order valence-corrected chi connectivity index (χ4v) is 2.46. The molecule has 2 aromatic rings. The predicted molar refractivity (Wildman–Crippen MR) is 85.7 cm³/mol. The summed E-state index contributed by atoms with van der Waals surface area (Å²) in [5, 5.41) is 19.1. The first kappa shape index (κ1) is 16.6. The standard InChI is InChI=1S/C15H13Cl2N3O4/c16-9-5-20(23)6-10(17)14(9)19-15(22)11-3-13(12(21)4-18-11)24-7-8-1-2-8/h3-6,8,21,23H,1-2,7H2. The molecule has 1 aliphatic rings. The Morgan fingerprint density at radius 2 is 2.04 bits per heavy atom. The Hall–Kier alpha value is -2.25. The van der Waals surface area contributed by atoms with Crippen molar-refractivity contribution in [1.29, 1.82) is 0 Å². The van der Waals surface area contributed by atoms with Crippen molar-refractivity contribution >= 4 is 29.1 Å². The van der Waals surface area contributed by atoms with Gasteiger partial charge in [0.15, 0.2) is 11.5 Å². The van der Waals surface area contributed by atoms with Gasteiger partial charge in [-0.15, -0.1) is 0 Å². The van der Waals surface area contributed by atoms with Gasteiger partial charge in [0.05, 0.1) is 35.2 Å². The largest absolute Gasteiger partial charge is 0.503 e. The van der Waals surface area contributed by atoms with Crippen molar-refractivity contribution in [2.24, 2.45) is 10.9 Å². The van der Waals surface area contributed by atoms with Crippen LogP contribution in [0.2, 0.25) is 10.0 Å². The van der Waals surface area contributed by atoms with Crippen LogP contribution in [-0.4, -0.2) is 32.5 Å². The van der Waals surface area contributed by atoms with E-state index in [2.05, 4.69) is 9.98 Å². The summed E-state index contributed by atoms with van der Waals surface area (Å²) < 4.78 is 6.16. The fraction of sp³-hybridized carbons (Fsp3) is 0.267. The Bertz CT molecular complexity index is 836. The molecule has 0 bridgehead atoms. The van der Waals surface area contributed by atoms with E-state index in [0.29, 0.717) is 17.3 Å². The van der Waals surface area contributed by atoms with Crippen LogP contribution in [0.5, 0.6) is 11.5 Å². The third kappa shape index (κ3) is 3.80. The third-order valence-electron chi connectivity index (χ3n) is 3.39. The minimum Gasteiger partial charge on any atom is -0.503 e. The molecule has 0 aromatic carbocycles. The lowest BCUT2D eigenvalue weighted by molar-refractivity contribution is 0.0992. The second kappa shape index (κ2) is 6.70. The first-order chi connectivity index (χ1) is 11.4. The van der Waals surface area contributed by atoms with Crippen molar-refractivity contribution in [3.63, 3.8) is 0 Å². The van der Waals surface area contributed by atoms with Gasteiger partial charge in [0, 0.05) is 6.07 Å². The minimum atomic E-state index is -0.703. The number of hydrogen-bond acceptors (Lipinski definition) is 5. The maximum absolute atomic E-state index is 12.3. The van der Waals surface area contributed by atoms with Crippen LogP contribution in [0.3, 0.4) is 0 Å². The Labute approximate surface area is 146 Å². The average molecular weight is 370 g/mol. The van der Waals surface area contributed by atoms with Crippen molar-refractivity contribution in [3.05, 3.63) is 45.8 Å². The summed E-state index contributed by atoms with van der Waals surface area (Å²) >= 11 is 11.8. The van der Waals surface area contributed by atoms with Crippen LogP contribution < -0.4 is 10.1 Å². The van der Waals surface area contributed by atoms with Crippen molar-refractivity contribution in [1.82, 2.24) is 9.71 Å². The number of pyridine rings is 2. The van der Waals surface area contributed by atoms with E-state index in [-0.39, 0.29) is 32.6 Å². The number of rotatable bonds is 4. The lowest BCUT2D eigenvalue weighted by atomic mass is 10.3. The molecule has 3 rings (SSSR count). The molecule has 9 heteroatoms. The summed E-state index contributed by atoms with van der Waals surface area (Å²) in [5.41, 5.74) is -0.0218. The molecule has 1 fully saturated rings. The van der Waals surface area contributed by atoms with Gasteiger partial charge in [-0.2, -0.15) is 4.73 Å². The van der Waals surface area contributed by atoms with E-state index >= 15 is 0 Å². The average Bonchev–Trinajstić information content (AvgIpc) is 3.34. The highest BCUT2D eigenvalue weighted by Crippen LogP contribution is 2.32. The van der Waals surface area contributed by atoms with Crippen LogP contribution in [-0.2, 0) is 0 Å². The molecule has 2 aromatic heterocycles. The quantitative estimate of drug-likeness (QED) is 0.807. The van der Waals surface area contributed by atoms with E-state index < -0.39 is 5.91 Å². The first-order valence-electron chi connectivity index (χ1n) is 7.11. The number of halogens is 2. The lowest BCUT2D eigenvalue weighted by Crippen LogP contribution is -2.13. The molecular formula is C15H13Cl2N3O4. The Balaban J connectivity index is 1.89. The van der Waals surface area contributed by atoms with Gasteiger partial charge in [-0.1, -0.05) is 23.2 Å². The third-order valence-corrected chi connectivity index (χ3v) is 3.95. The number of carbonyl (C=O) groups excluding carboxylic acids is 1. The highest BCUT2D eigenvalue weighted by atomic mass is 35.5. The van der Waals surface area contributed by atoms with Gasteiger partial charge >= 0.3 is 0 Å². The van der Waals surface area contributed by atoms with Gasteiger partial charge in [-0.05, 0) is 18.8 Å². The van der Waals surface area contributed by atoms with Gasteiger partial charge in [-0.3, -0.25) is 4.79 Å². The van der Waals surface area contributed by atoms with Gasteiger partial charge in [-0.25, -0.2) is 9.98 Å². The van der Waals surface area contributed by atoms with E-state index in [1.807, 2.05) is 0 Å². The zero-order valence-corrected chi connectivity index (χ0v) is 13.8. The Morgan fingerprint density at radius 3 is 2.67 bits per heavy atom. The van der Waals surface area contributed by atoms with Gasteiger partial charge in [0.2, 0.25) is 0 Å². The zero-order chi connectivity index (χ0) is 17.3. The number of nitrogens with zero attached hydrogens (tertiary/aromatic N) is 3. The fourth-order valence-electron chi connectivity index (χ4n) is 1.93. The minimum absolute atomic E-state index is 0.00216. The zero-order valence-electron chi connectivity index (χ0n) is 12.3. The predicted octanol–water partition coefficient (Wildman–Crippen LogP) is 2.66. The highest BCUT2D eigenvalue weighted by Gasteiger charge is 2.23. The molecule has 1 amide bonds. The monoisotopic (exact) mass is 369 g/mol. The summed E-state index contributed by atoms with van der Waals surface area (Å²) in [5.74, 6) is -0.183. The maximum Gasteiger partial charge on any atom is 0.296 e. The Kier molecular flexibility index (Phi) is 4.64. The molecule has 0 unspecified atom stereocenters. The summed E-state index contributed by atoms with van der Waals surface area (Å²) in [6.07, 6.45) is 5.62. The topological polar surface area (TPSA) is 96.9 Å². The molecule has 0 saturated heterocycles. The van der Waals surface area contributed by atoms with Crippen molar-refractivity contribution in [2.45, 2.75) is 12.8 Å². The molecule has 1 saturated carbocycles. The summed E-state index contributed by atoms with van der Waals surface area (Å²) in [6.45, 7) is 0.481. The molecule has 0 spiro atoms. The normalized spacial score (nSPS) is 13.6. The number of carbonyl (C=O) groups is 1. The van der Waals surface area contributed by atoms with Gasteiger partial charge in [0.25, 0.3) is 5.91 Å². The number of aromatic nitrogens is 2. The number of amides is 1. The molecule has 7 nitrogen and oxygen atoms in total. The summed E-state index contributed by atoms with van der Waals surface area (Å²) in [4.78, 5) is 19.9. The van der Waals surface area contributed by atoms with Crippen LogP contribution in [0.4, 0.5) is 0 Å². The molecule has 0 atom stereocenters. The van der Waals surface area contributed by atoms with Crippen LogP contribution in [0.25, 0.3) is 0 Å². The Morgan fingerprint density at radius 1 is 1.38 bits per heavy atom. The summed E-state index contributed by atoms with van der Waals surface area (Å²) in [6, 6.07) is 1.32. The lowest BCUT2D eigenvalue weighted by Gasteiger charge is -2.07. The maximum atomic E-state index is 12.3. The van der Waals surface area contributed by atoms with Gasteiger partial charge in [0.1, 0.15) is 11.1 Å². The molecule has 1 aliphatic carbocycles. The number of aromatic hydroxyl groups is 1. The summed E-state index contributed by atoms with van der Waals surface area (Å²) in [7, 11) is 0. The van der Waals surface area contributed by atoms with Crippen LogP contribution in [0.15, 0.2) is 29.6 Å². The van der Waals surface area contributed by atoms with Crippen molar-refractivity contribution in [3.8, 4) is 11.5 Å². The second-order valence-electron chi connectivity index (χ2n) is 5.39. The molecule has 2 heterocycles. The van der Waals surface area contributed by atoms with E-state index in [1.165, 1.54) is 6.07 Å².